The minimum absolute atomic E-state index is 0.218. The van der Waals surface area contributed by atoms with Crippen molar-refractivity contribution in [3.05, 3.63) is 64.0 Å². The van der Waals surface area contributed by atoms with Crippen molar-refractivity contribution in [3.63, 3.8) is 0 Å². The van der Waals surface area contributed by atoms with Gasteiger partial charge in [-0.1, -0.05) is 35.3 Å². The van der Waals surface area contributed by atoms with Gasteiger partial charge in [-0.05, 0) is 30.3 Å². The molecule has 0 aliphatic carbocycles. The first kappa shape index (κ1) is 17.7. The molecular formula is C18H16Cl2N2O3. The summed E-state index contributed by atoms with van der Waals surface area (Å²) in [6.45, 7) is 0.986. The number of aromatic nitrogens is 1. The van der Waals surface area contributed by atoms with Crippen LogP contribution in [0.1, 0.15) is 16.2 Å². The Balaban J connectivity index is 1.86. The molecule has 2 aromatic carbocycles. The largest absolute Gasteiger partial charge is 0.439 e. The molecule has 7 heteroatoms. The molecule has 0 radical (unpaired) electrons. The first-order valence-corrected chi connectivity index (χ1v) is 8.42. The standard InChI is InChI=1S/C18H16Cl2N2O3/c1-24-9-8-22(18(23)13-7-6-12(19)10-14(13)20)11-17-21-15-4-2-3-5-16(15)25-17/h2-7,10H,8-9,11H2,1H3. The molecule has 0 saturated carbocycles. The molecule has 0 aliphatic rings. The maximum absolute atomic E-state index is 12.9. The highest BCUT2D eigenvalue weighted by atomic mass is 35.5. The van der Waals surface area contributed by atoms with E-state index < -0.39 is 0 Å². The van der Waals surface area contributed by atoms with Crippen LogP contribution < -0.4 is 0 Å². The lowest BCUT2D eigenvalue weighted by Gasteiger charge is -2.21. The SMILES string of the molecule is COCCN(Cc1nc2ccccc2o1)C(=O)c1ccc(Cl)cc1Cl. The number of para-hydroxylation sites is 2. The smallest absolute Gasteiger partial charge is 0.255 e. The lowest BCUT2D eigenvalue weighted by Crippen LogP contribution is -2.33. The van der Waals surface area contributed by atoms with Gasteiger partial charge in [-0.25, -0.2) is 4.98 Å². The molecule has 130 valence electrons. The number of oxazole rings is 1. The van der Waals surface area contributed by atoms with Gasteiger partial charge in [-0.15, -0.1) is 0 Å². The molecule has 0 atom stereocenters. The molecule has 0 spiro atoms. The van der Waals surface area contributed by atoms with E-state index in [2.05, 4.69) is 4.98 Å². The molecule has 5 nitrogen and oxygen atoms in total. The van der Waals surface area contributed by atoms with Crippen LogP contribution in [0.3, 0.4) is 0 Å². The van der Waals surface area contributed by atoms with E-state index in [-0.39, 0.29) is 12.5 Å². The summed E-state index contributed by atoms with van der Waals surface area (Å²) in [6, 6.07) is 12.2. The van der Waals surface area contributed by atoms with Gasteiger partial charge in [-0.3, -0.25) is 4.79 Å². The van der Waals surface area contributed by atoms with Gasteiger partial charge in [0.05, 0.1) is 23.7 Å². The lowest BCUT2D eigenvalue weighted by atomic mass is 10.2. The summed E-state index contributed by atoms with van der Waals surface area (Å²) in [5.74, 6) is 0.219. The van der Waals surface area contributed by atoms with Crippen LogP contribution in [0, 0.1) is 0 Å². The first-order chi connectivity index (χ1) is 12.1. The first-order valence-electron chi connectivity index (χ1n) is 7.66. The zero-order valence-electron chi connectivity index (χ0n) is 13.5. The predicted molar refractivity (Wildman–Crippen MR) is 97.1 cm³/mol. The normalized spacial score (nSPS) is 11.0. The Morgan fingerprint density at radius 1 is 1.24 bits per heavy atom. The molecule has 0 unspecified atom stereocenters. The highest BCUT2D eigenvalue weighted by Crippen LogP contribution is 2.23. The van der Waals surface area contributed by atoms with E-state index in [4.69, 9.17) is 32.4 Å². The van der Waals surface area contributed by atoms with Gasteiger partial charge in [0.25, 0.3) is 5.91 Å². The van der Waals surface area contributed by atoms with E-state index in [1.54, 1.807) is 30.2 Å². The summed E-state index contributed by atoms with van der Waals surface area (Å²) >= 11 is 12.1. The molecular weight excluding hydrogens is 363 g/mol. The van der Waals surface area contributed by atoms with Gasteiger partial charge in [0.2, 0.25) is 5.89 Å². The fourth-order valence-electron chi connectivity index (χ4n) is 2.44. The molecule has 0 fully saturated rings. The number of hydrogen-bond acceptors (Lipinski definition) is 4. The van der Waals surface area contributed by atoms with Crippen LogP contribution in [0.5, 0.6) is 0 Å². The quantitative estimate of drug-likeness (QED) is 0.636. The zero-order chi connectivity index (χ0) is 17.8. The second-order valence-corrected chi connectivity index (χ2v) is 6.26. The number of benzene rings is 2. The second kappa shape index (κ2) is 7.87. The Morgan fingerprint density at radius 3 is 2.76 bits per heavy atom. The zero-order valence-corrected chi connectivity index (χ0v) is 15.0. The van der Waals surface area contributed by atoms with Gasteiger partial charge in [-0.2, -0.15) is 0 Å². The van der Waals surface area contributed by atoms with Crippen LogP contribution in [0.15, 0.2) is 46.9 Å². The summed E-state index contributed by atoms with van der Waals surface area (Å²) in [5.41, 5.74) is 1.81. The average Bonchev–Trinajstić information content (AvgIpc) is 3.00. The molecule has 1 amide bonds. The summed E-state index contributed by atoms with van der Waals surface area (Å²) < 4.78 is 10.8. The number of halogens is 2. The summed E-state index contributed by atoms with van der Waals surface area (Å²) in [5, 5.41) is 0.779. The van der Waals surface area contributed by atoms with Crippen molar-refractivity contribution < 1.29 is 13.9 Å². The Morgan fingerprint density at radius 2 is 2.04 bits per heavy atom. The van der Waals surface area contributed by atoms with Crippen LogP contribution in [0.2, 0.25) is 10.0 Å². The van der Waals surface area contributed by atoms with E-state index in [1.807, 2.05) is 24.3 Å². The number of methoxy groups -OCH3 is 1. The Kier molecular flexibility index (Phi) is 5.58. The molecule has 1 heterocycles. The predicted octanol–water partition coefficient (Wildman–Crippen LogP) is 4.42. The number of rotatable bonds is 6. The Labute approximate surface area is 155 Å². The summed E-state index contributed by atoms with van der Waals surface area (Å²) in [6.07, 6.45) is 0. The van der Waals surface area contributed by atoms with Crippen molar-refractivity contribution in [3.8, 4) is 0 Å². The minimum atomic E-state index is -0.235. The molecule has 25 heavy (non-hydrogen) atoms. The molecule has 0 N–H and O–H groups in total. The van der Waals surface area contributed by atoms with E-state index in [0.29, 0.717) is 40.2 Å². The fourth-order valence-corrected chi connectivity index (χ4v) is 2.93. The fraction of sp³-hybridized carbons (Fsp3) is 0.222. The van der Waals surface area contributed by atoms with Gasteiger partial charge in [0, 0.05) is 18.7 Å². The van der Waals surface area contributed by atoms with Crippen molar-refractivity contribution in [2.75, 3.05) is 20.3 Å². The number of hydrogen-bond donors (Lipinski definition) is 0. The molecule has 1 aromatic heterocycles. The number of nitrogens with zero attached hydrogens (tertiary/aromatic N) is 2. The van der Waals surface area contributed by atoms with Crippen molar-refractivity contribution in [2.24, 2.45) is 0 Å². The minimum Gasteiger partial charge on any atom is -0.439 e. The number of ether oxygens (including phenoxy) is 1. The van der Waals surface area contributed by atoms with Crippen LogP contribution in [0.25, 0.3) is 11.1 Å². The van der Waals surface area contributed by atoms with Crippen molar-refractivity contribution >= 4 is 40.2 Å². The summed E-state index contributed by atoms with van der Waals surface area (Å²) in [4.78, 5) is 18.9. The maximum atomic E-state index is 12.9. The monoisotopic (exact) mass is 378 g/mol. The van der Waals surface area contributed by atoms with Gasteiger partial charge in [0.1, 0.15) is 5.52 Å². The van der Waals surface area contributed by atoms with Crippen molar-refractivity contribution in [2.45, 2.75) is 6.54 Å². The third-order valence-electron chi connectivity index (χ3n) is 3.68. The van der Waals surface area contributed by atoms with E-state index in [0.717, 1.165) is 5.52 Å². The topological polar surface area (TPSA) is 55.6 Å². The lowest BCUT2D eigenvalue weighted by molar-refractivity contribution is 0.0664. The van der Waals surface area contributed by atoms with E-state index >= 15 is 0 Å². The van der Waals surface area contributed by atoms with Crippen molar-refractivity contribution in [1.29, 1.82) is 0 Å². The van der Waals surface area contributed by atoms with Gasteiger partial charge >= 0.3 is 0 Å². The van der Waals surface area contributed by atoms with Crippen LogP contribution in [-0.2, 0) is 11.3 Å². The van der Waals surface area contributed by atoms with Crippen LogP contribution in [0.4, 0.5) is 0 Å². The molecule has 0 bridgehead atoms. The number of fused-ring (bicyclic) bond motifs is 1. The number of carbonyl (C=O) groups excluding carboxylic acids is 1. The molecule has 3 rings (SSSR count). The Bertz CT molecular complexity index is 862. The molecule has 0 saturated heterocycles. The van der Waals surface area contributed by atoms with Crippen LogP contribution in [-0.4, -0.2) is 36.1 Å². The Hall–Kier alpha value is -2.08. The highest BCUT2D eigenvalue weighted by molar-refractivity contribution is 6.36. The van der Waals surface area contributed by atoms with E-state index in [1.165, 1.54) is 0 Å². The molecule has 3 aromatic rings. The number of carbonyl (C=O) groups is 1. The average molecular weight is 379 g/mol. The van der Waals surface area contributed by atoms with E-state index in [9.17, 15) is 4.79 Å². The van der Waals surface area contributed by atoms with Crippen LogP contribution >= 0.6 is 23.2 Å². The maximum Gasteiger partial charge on any atom is 0.255 e. The molecule has 0 aliphatic heterocycles. The third kappa shape index (κ3) is 4.12. The number of amides is 1. The second-order valence-electron chi connectivity index (χ2n) is 5.42. The highest BCUT2D eigenvalue weighted by Gasteiger charge is 2.21. The van der Waals surface area contributed by atoms with Crippen molar-refractivity contribution in [1.82, 2.24) is 9.88 Å². The summed E-state index contributed by atoms with van der Waals surface area (Å²) in [7, 11) is 1.58. The van der Waals surface area contributed by atoms with Gasteiger partial charge in [0.15, 0.2) is 5.58 Å². The van der Waals surface area contributed by atoms with Gasteiger partial charge < -0.3 is 14.1 Å². The third-order valence-corrected chi connectivity index (χ3v) is 4.23.